The summed E-state index contributed by atoms with van der Waals surface area (Å²) in [6.45, 7) is 1.56. The van der Waals surface area contributed by atoms with Crippen molar-refractivity contribution in [3.8, 4) is 0 Å². The number of anilines is 1. The van der Waals surface area contributed by atoms with E-state index in [0.29, 0.717) is 11.5 Å². The molecule has 6 nitrogen and oxygen atoms in total. The van der Waals surface area contributed by atoms with E-state index in [0.717, 1.165) is 13.1 Å². The maximum Gasteiger partial charge on any atom is 0.356 e. The minimum absolute atomic E-state index is 0.205. The van der Waals surface area contributed by atoms with Gasteiger partial charge in [0.25, 0.3) is 0 Å². The molecule has 2 aromatic heterocycles. The van der Waals surface area contributed by atoms with Crippen molar-refractivity contribution >= 4 is 17.4 Å². The van der Waals surface area contributed by atoms with Crippen molar-refractivity contribution in [3.63, 3.8) is 0 Å². The minimum Gasteiger partial charge on any atom is -0.476 e. The average molecular weight is 262 g/mol. The lowest BCUT2D eigenvalue weighted by atomic mass is 10.4. The number of likely N-dealkylation sites (N-methyl/N-ethyl adjacent to an activating group) is 2. The highest BCUT2D eigenvalue weighted by atomic mass is 16.4. The Bertz CT molecular complexity index is 591. The zero-order valence-electron chi connectivity index (χ0n) is 11.4. The Kier molecular flexibility index (Phi) is 3.71. The van der Waals surface area contributed by atoms with Gasteiger partial charge in [-0.3, -0.25) is 4.40 Å². The van der Waals surface area contributed by atoms with Crippen LogP contribution in [0, 0.1) is 0 Å². The molecule has 0 radical (unpaired) electrons. The summed E-state index contributed by atoms with van der Waals surface area (Å²) >= 11 is 0. The lowest BCUT2D eigenvalue weighted by Crippen LogP contribution is -2.29. The van der Waals surface area contributed by atoms with Crippen LogP contribution in [0.1, 0.15) is 10.5 Å². The van der Waals surface area contributed by atoms with Crippen molar-refractivity contribution in [1.82, 2.24) is 14.3 Å². The zero-order valence-corrected chi connectivity index (χ0v) is 11.4. The number of aromatic carboxylic acids is 1. The van der Waals surface area contributed by atoms with Gasteiger partial charge in [0.1, 0.15) is 5.65 Å². The van der Waals surface area contributed by atoms with Crippen molar-refractivity contribution in [1.29, 1.82) is 0 Å². The third-order valence-electron chi connectivity index (χ3n) is 2.96. The van der Waals surface area contributed by atoms with Crippen molar-refractivity contribution in [2.75, 3.05) is 39.1 Å². The number of hydrogen-bond acceptors (Lipinski definition) is 4. The lowest BCUT2D eigenvalue weighted by Gasteiger charge is -2.19. The number of rotatable bonds is 5. The first kappa shape index (κ1) is 13.4. The molecule has 0 amide bonds. The normalized spacial score (nSPS) is 11.2. The van der Waals surface area contributed by atoms with Gasteiger partial charge in [0, 0.05) is 26.3 Å². The predicted octanol–water partition coefficient (Wildman–Crippen LogP) is 1.03. The number of nitrogens with zero attached hydrogens (tertiary/aromatic N) is 4. The quantitative estimate of drug-likeness (QED) is 0.872. The summed E-state index contributed by atoms with van der Waals surface area (Å²) in [6.07, 6.45) is 1.72. The van der Waals surface area contributed by atoms with Gasteiger partial charge in [-0.2, -0.15) is 0 Å². The highest BCUT2D eigenvalue weighted by molar-refractivity contribution is 5.93. The minimum atomic E-state index is -0.967. The number of carboxylic acid groups (broad SMARTS) is 1. The van der Waals surface area contributed by atoms with Crippen LogP contribution in [0.3, 0.4) is 0 Å². The third kappa shape index (κ3) is 2.68. The number of hydrogen-bond donors (Lipinski definition) is 1. The molecule has 0 aliphatic carbocycles. The molecule has 0 aliphatic rings. The van der Waals surface area contributed by atoms with Gasteiger partial charge < -0.3 is 14.9 Å². The molecule has 0 bridgehead atoms. The first-order valence-corrected chi connectivity index (χ1v) is 6.07. The standard InChI is InChI=1S/C13H18N4O2/c1-15(2)8-9-16(3)12-11(13(18)19)17-7-5-4-6-10(17)14-12/h4-7H,8-9H2,1-3H3,(H,18,19). The van der Waals surface area contributed by atoms with Gasteiger partial charge in [-0.15, -0.1) is 0 Å². The van der Waals surface area contributed by atoms with Crippen LogP contribution < -0.4 is 4.90 Å². The average Bonchev–Trinajstić information content (AvgIpc) is 2.75. The maximum absolute atomic E-state index is 11.4. The molecule has 0 saturated carbocycles. The van der Waals surface area contributed by atoms with Gasteiger partial charge in [0.15, 0.2) is 11.5 Å². The van der Waals surface area contributed by atoms with Gasteiger partial charge in [0.2, 0.25) is 0 Å². The fourth-order valence-corrected chi connectivity index (χ4v) is 1.90. The predicted molar refractivity (Wildman–Crippen MR) is 74.0 cm³/mol. The number of carbonyl (C=O) groups is 1. The molecule has 2 heterocycles. The number of imidazole rings is 1. The Labute approximate surface area is 111 Å². The van der Waals surface area contributed by atoms with Crippen LogP contribution in [-0.4, -0.2) is 59.6 Å². The summed E-state index contributed by atoms with van der Waals surface area (Å²) < 4.78 is 1.60. The fourth-order valence-electron chi connectivity index (χ4n) is 1.90. The Morgan fingerprint density at radius 1 is 1.32 bits per heavy atom. The highest BCUT2D eigenvalue weighted by Crippen LogP contribution is 2.20. The van der Waals surface area contributed by atoms with Crippen molar-refractivity contribution < 1.29 is 9.90 Å². The monoisotopic (exact) mass is 262 g/mol. The lowest BCUT2D eigenvalue weighted by molar-refractivity contribution is 0.0690. The number of fused-ring (bicyclic) bond motifs is 1. The van der Waals surface area contributed by atoms with Gasteiger partial charge in [-0.05, 0) is 26.2 Å². The molecule has 6 heteroatoms. The Morgan fingerprint density at radius 3 is 2.68 bits per heavy atom. The van der Waals surface area contributed by atoms with Crippen LogP contribution in [-0.2, 0) is 0 Å². The van der Waals surface area contributed by atoms with E-state index < -0.39 is 5.97 Å². The van der Waals surface area contributed by atoms with Gasteiger partial charge in [-0.1, -0.05) is 6.07 Å². The molecule has 102 valence electrons. The molecule has 0 spiro atoms. The zero-order chi connectivity index (χ0) is 14.0. The number of pyridine rings is 1. The Morgan fingerprint density at radius 2 is 2.05 bits per heavy atom. The largest absolute Gasteiger partial charge is 0.476 e. The Balaban J connectivity index is 2.41. The van der Waals surface area contributed by atoms with E-state index in [2.05, 4.69) is 4.98 Å². The van der Waals surface area contributed by atoms with E-state index in [-0.39, 0.29) is 5.69 Å². The number of carboxylic acids is 1. The van der Waals surface area contributed by atoms with Crippen LogP contribution in [0.4, 0.5) is 5.82 Å². The molecule has 19 heavy (non-hydrogen) atoms. The van der Waals surface area contributed by atoms with Crippen LogP contribution in [0.25, 0.3) is 5.65 Å². The smallest absolute Gasteiger partial charge is 0.356 e. The topological polar surface area (TPSA) is 61.1 Å². The molecule has 0 aromatic carbocycles. The molecule has 0 unspecified atom stereocenters. The molecule has 2 rings (SSSR count). The molecule has 0 saturated heterocycles. The van der Waals surface area contributed by atoms with Crippen molar-refractivity contribution in [3.05, 3.63) is 30.1 Å². The van der Waals surface area contributed by atoms with Crippen molar-refractivity contribution in [2.24, 2.45) is 0 Å². The number of aromatic nitrogens is 2. The maximum atomic E-state index is 11.4. The molecular weight excluding hydrogens is 244 g/mol. The van der Waals surface area contributed by atoms with Gasteiger partial charge in [-0.25, -0.2) is 9.78 Å². The molecule has 0 fully saturated rings. The summed E-state index contributed by atoms with van der Waals surface area (Å²) in [5.74, 6) is -0.467. The van der Waals surface area contributed by atoms with E-state index in [1.165, 1.54) is 0 Å². The summed E-state index contributed by atoms with van der Waals surface area (Å²) in [5, 5.41) is 9.38. The summed E-state index contributed by atoms with van der Waals surface area (Å²) in [6, 6.07) is 5.44. The first-order valence-electron chi connectivity index (χ1n) is 6.07. The van der Waals surface area contributed by atoms with Crippen LogP contribution in [0.2, 0.25) is 0 Å². The molecule has 2 aromatic rings. The fraction of sp³-hybridized carbons (Fsp3) is 0.385. The van der Waals surface area contributed by atoms with E-state index in [9.17, 15) is 9.90 Å². The molecule has 0 aliphatic heterocycles. The van der Waals surface area contributed by atoms with E-state index in [4.69, 9.17) is 0 Å². The summed E-state index contributed by atoms with van der Waals surface area (Å²) in [5.41, 5.74) is 0.850. The SMILES string of the molecule is CN(C)CCN(C)c1nc2ccccn2c1C(=O)O. The summed E-state index contributed by atoms with van der Waals surface area (Å²) in [4.78, 5) is 19.8. The highest BCUT2D eigenvalue weighted by Gasteiger charge is 2.21. The Hall–Kier alpha value is -2.08. The van der Waals surface area contributed by atoms with Gasteiger partial charge in [0.05, 0.1) is 0 Å². The van der Waals surface area contributed by atoms with E-state index in [1.807, 2.05) is 37.0 Å². The van der Waals surface area contributed by atoms with Crippen LogP contribution in [0.15, 0.2) is 24.4 Å². The van der Waals surface area contributed by atoms with E-state index >= 15 is 0 Å². The second kappa shape index (κ2) is 5.27. The molecule has 0 atom stereocenters. The molecule has 1 N–H and O–H groups in total. The second-order valence-electron chi connectivity index (χ2n) is 4.74. The summed E-state index contributed by atoms with van der Waals surface area (Å²) in [7, 11) is 5.82. The third-order valence-corrected chi connectivity index (χ3v) is 2.96. The van der Waals surface area contributed by atoms with Crippen LogP contribution >= 0.6 is 0 Å². The molecular formula is C13H18N4O2. The van der Waals surface area contributed by atoms with Crippen LogP contribution in [0.5, 0.6) is 0 Å². The first-order chi connectivity index (χ1) is 9.00. The van der Waals surface area contributed by atoms with E-state index in [1.54, 1.807) is 22.7 Å². The second-order valence-corrected chi connectivity index (χ2v) is 4.74. The van der Waals surface area contributed by atoms with Gasteiger partial charge >= 0.3 is 5.97 Å². The van der Waals surface area contributed by atoms with Crippen molar-refractivity contribution in [2.45, 2.75) is 0 Å².